The second-order valence-corrected chi connectivity index (χ2v) is 6.32. The molecule has 0 radical (unpaired) electrons. The number of alkyl halides is 3. The third kappa shape index (κ3) is 3.80. The molecule has 7 heteroatoms. The smallest absolute Gasteiger partial charge is 0.321 e. The van der Waals surface area contributed by atoms with Crippen molar-refractivity contribution in [3.8, 4) is 11.3 Å². The Morgan fingerprint density at radius 3 is 2.41 bits per heavy atom. The van der Waals surface area contributed by atoms with Crippen LogP contribution in [0.3, 0.4) is 0 Å². The summed E-state index contributed by atoms with van der Waals surface area (Å²) in [6, 6.07) is 17.0. The first-order chi connectivity index (χ1) is 13.9. The molecule has 0 aliphatic heterocycles. The summed E-state index contributed by atoms with van der Waals surface area (Å²) >= 11 is 0. The van der Waals surface area contributed by atoms with Crippen molar-refractivity contribution < 1.29 is 18.0 Å². The maximum Gasteiger partial charge on any atom is 0.418 e. The van der Waals surface area contributed by atoms with Crippen molar-refractivity contribution in [2.24, 2.45) is 0 Å². The average Bonchev–Trinajstić information content (AvgIpc) is 2.73. The molecular weight excluding hydrogens is 379 g/mol. The molecule has 4 rings (SSSR count). The molecule has 0 spiro atoms. The second kappa shape index (κ2) is 7.35. The maximum atomic E-state index is 13.7. The van der Waals surface area contributed by atoms with Gasteiger partial charge in [0.05, 0.1) is 34.2 Å². The molecule has 0 aliphatic carbocycles. The van der Waals surface area contributed by atoms with Gasteiger partial charge in [0, 0.05) is 17.1 Å². The lowest BCUT2D eigenvalue weighted by Crippen LogP contribution is -2.14. The molecule has 0 saturated carbocycles. The highest BCUT2D eigenvalue weighted by Crippen LogP contribution is 2.38. The summed E-state index contributed by atoms with van der Waals surface area (Å²) in [5.41, 5.74) is 0.111. The lowest BCUT2D eigenvalue weighted by atomic mass is 10.0. The van der Waals surface area contributed by atoms with E-state index in [1.165, 1.54) is 24.4 Å². The lowest BCUT2D eigenvalue weighted by Gasteiger charge is -2.15. The minimum absolute atomic E-state index is 0.178. The molecule has 1 amide bonds. The topological polar surface area (TPSA) is 54.9 Å². The number of nitrogens with zero attached hydrogens (tertiary/aromatic N) is 2. The molecule has 2 heterocycles. The van der Waals surface area contributed by atoms with Crippen molar-refractivity contribution in [3.63, 3.8) is 0 Å². The van der Waals surface area contributed by atoms with Crippen LogP contribution in [0.1, 0.15) is 15.9 Å². The number of carbonyl (C=O) groups excluding carboxylic acids is 1. The minimum atomic E-state index is -4.58. The van der Waals surface area contributed by atoms with E-state index in [0.717, 1.165) is 6.07 Å². The van der Waals surface area contributed by atoms with Crippen LogP contribution in [0, 0.1) is 0 Å². The van der Waals surface area contributed by atoms with Gasteiger partial charge in [0.15, 0.2) is 0 Å². The van der Waals surface area contributed by atoms with Crippen LogP contribution in [0.5, 0.6) is 0 Å². The molecule has 2 aromatic heterocycles. The number of amides is 1. The van der Waals surface area contributed by atoms with Gasteiger partial charge in [-0.1, -0.05) is 42.5 Å². The van der Waals surface area contributed by atoms with Gasteiger partial charge < -0.3 is 5.32 Å². The Morgan fingerprint density at radius 2 is 1.72 bits per heavy atom. The summed E-state index contributed by atoms with van der Waals surface area (Å²) in [5.74, 6) is -0.477. The molecule has 2 aromatic carbocycles. The summed E-state index contributed by atoms with van der Waals surface area (Å²) in [5, 5.41) is 2.92. The highest BCUT2D eigenvalue weighted by Gasteiger charge is 2.35. The summed E-state index contributed by atoms with van der Waals surface area (Å²) in [7, 11) is 0. The number of pyridine rings is 2. The van der Waals surface area contributed by atoms with Crippen LogP contribution in [0.15, 0.2) is 79.1 Å². The van der Waals surface area contributed by atoms with Crippen molar-refractivity contribution in [1.82, 2.24) is 9.97 Å². The fraction of sp³-hybridized carbons (Fsp3) is 0.0455. The summed E-state index contributed by atoms with van der Waals surface area (Å²) in [6.07, 6.45) is -1.53. The number of benzene rings is 2. The van der Waals surface area contributed by atoms with Gasteiger partial charge in [-0.05, 0) is 24.3 Å². The van der Waals surface area contributed by atoms with Gasteiger partial charge in [0.25, 0.3) is 5.91 Å². The van der Waals surface area contributed by atoms with E-state index in [1.54, 1.807) is 48.7 Å². The van der Waals surface area contributed by atoms with E-state index in [4.69, 9.17) is 0 Å². The van der Waals surface area contributed by atoms with Gasteiger partial charge in [-0.25, -0.2) is 4.98 Å². The molecule has 29 heavy (non-hydrogen) atoms. The number of anilines is 1. The van der Waals surface area contributed by atoms with Crippen LogP contribution in [-0.2, 0) is 6.18 Å². The van der Waals surface area contributed by atoms with Crippen molar-refractivity contribution >= 4 is 22.5 Å². The molecule has 0 fully saturated rings. The van der Waals surface area contributed by atoms with Crippen LogP contribution in [0.25, 0.3) is 22.2 Å². The lowest BCUT2D eigenvalue weighted by molar-refractivity contribution is -0.137. The number of hydrogen-bond donors (Lipinski definition) is 1. The number of halogens is 3. The van der Waals surface area contributed by atoms with Gasteiger partial charge in [0.1, 0.15) is 0 Å². The molecule has 144 valence electrons. The summed E-state index contributed by atoms with van der Waals surface area (Å²) in [6.45, 7) is 0. The summed E-state index contributed by atoms with van der Waals surface area (Å²) < 4.78 is 41.0. The molecule has 0 bridgehead atoms. The third-order valence-corrected chi connectivity index (χ3v) is 4.36. The molecule has 4 aromatic rings. The van der Waals surface area contributed by atoms with Crippen molar-refractivity contribution in [3.05, 3.63) is 90.3 Å². The van der Waals surface area contributed by atoms with Gasteiger partial charge in [-0.2, -0.15) is 13.2 Å². The van der Waals surface area contributed by atoms with Crippen molar-refractivity contribution in [2.45, 2.75) is 6.18 Å². The second-order valence-electron chi connectivity index (χ2n) is 6.32. The van der Waals surface area contributed by atoms with E-state index in [-0.39, 0.29) is 22.2 Å². The van der Waals surface area contributed by atoms with Gasteiger partial charge in [0.2, 0.25) is 0 Å². The average molecular weight is 393 g/mol. The molecule has 0 unspecified atom stereocenters. The van der Waals surface area contributed by atoms with Crippen molar-refractivity contribution in [2.75, 3.05) is 5.32 Å². The van der Waals surface area contributed by atoms with E-state index < -0.39 is 17.6 Å². The molecule has 4 nitrogen and oxygen atoms in total. The molecular formula is C22H14F3N3O. The highest BCUT2D eigenvalue weighted by molar-refractivity contribution is 6.12. The highest BCUT2D eigenvalue weighted by atomic mass is 19.4. The SMILES string of the molecule is O=C(Nc1cccnc1)c1cccc2cc(C(F)(F)F)c(-c3ccccc3)nc12. The van der Waals surface area contributed by atoms with Crippen LogP contribution in [0.2, 0.25) is 0 Å². The van der Waals surface area contributed by atoms with E-state index in [0.29, 0.717) is 11.3 Å². The zero-order valence-corrected chi connectivity index (χ0v) is 14.9. The maximum absolute atomic E-state index is 13.7. The Hall–Kier alpha value is -3.74. The number of carbonyl (C=O) groups is 1. The van der Waals surface area contributed by atoms with Gasteiger partial charge in [-0.3, -0.25) is 9.78 Å². The van der Waals surface area contributed by atoms with E-state index in [9.17, 15) is 18.0 Å². The number of rotatable bonds is 3. The van der Waals surface area contributed by atoms with Crippen LogP contribution >= 0.6 is 0 Å². The minimum Gasteiger partial charge on any atom is -0.321 e. The Morgan fingerprint density at radius 1 is 0.931 bits per heavy atom. The van der Waals surface area contributed by atoms with Gasteiger partial charge >= 0.3 is 6.18 Å². The van der Waals surface area contributed by atoms with Crippen LogP contribution < -0.4 is 5.32 Å². The van der Waals surface area contributed by atoms with Crippen molar-refractivity contribution in [1.29, 1.82) is 0 Å². The van der Waals surface area contributed by atoms with Crippen LogP contribution in [0.4, 0.5) is 18.9 Å². The molecule has 1 N–H and O–H groups in total. The first kappa shape index (κ1) is 18.6. The van der Waals surface area contributed by atoms with Gasteiger partial charge in [-0.15, -0.1) is 0 Å². The Balaban J connectivity index is 1.89. The number of aromatic nitrogens is 2. The Kier molecular flexibility index (Phi) is 4.72. The molecule has 0 aliphatic rings. The fourth-order valence-electron chi connectivity index (χ4n) is 3.05. The predicted octanol–water partition coefficient (Wildman–Crippen LogP) is 5.57. The first-order valence-electron chi connectivity index (χ1n) is 8.71. The summed E-state index contributed by atoms with van der Waals surface area (Å²) in [4.78, 5) is 21.0. The Bertz CT molecular complexity index is 1180. The fourth-order valence-corrected chi connectivity index (χ4v) is 3.05. The number of para-hydroxylation sites is 1. The van der Waals surface area contributed by atoms with Crippen LogP contribution in [-0.4, -0.2) is 15.9 Å². The Labute approximate surface area is 164 Å². The zero-order chi connectivity index (χ0) is 20.4. The third-order valence-electron chi connectivity index (χ3n) is 4.36. The van der Waals surface area contributed by atoms with E-state index in [2.05, 4.69) is 15.3 Å². The normalized spacial score (nSPS) is 11.4. The first-order valence-corrected chi connectivity index (χ1v) is 8.71. The predicted molar refractivity (Wildman–Crippen MR) is 104 cm³/mol. The van der Waals surface area contributed by atoms with E-state index in [1.807, 2.05) is 0 Å². The van der Waals surface area contributed by atoms with E-state index >= 15 is 0 Å². The largest absolute Gasteiger partial charge is 0.418 e. The number of fused-ring (bicyclic) bond motifs is 1. The standard InChI is InChI=1S/C22H14F3N3O/c23-22(24,25)18-12-15-8-4-10-17(21(29)27-16-9-5-11-26-13-16)19(15)28-20(18)14-6-2-1-3-7-14/h1-13H,(H,27,29). The zero-order valence-electron chi connectivity index (χ0n) is 14.9. The number of nitrogens with one attached hydrogen (secondary N) is 1. The molecule has 0 atom stereocenters. The molecule has 0 saturated heterocycles. The monoisotopic (exact) mass is 393 g/mol. The quantitative estimate of drug-likeness (QED) is 0.495. The number of hydrogen-bond acceptors (Lipinski definition) is 3.